The topological polar surface area (TPSA) is 91.0 Å². The average molecular weight is 549 g/mol. The van der Waals surface area contributed by atoms with E-state index < -0.39 is 29.6 Å². The minimum absolute atomic E-state index is 0.130. The van der Waals surface area contributed by atoms with Crippen LogP contribution in [-0.4, -0.2) is 77.5 Å². The van der Waals surface area contributed by atoms with Gasteiger partial charge in [0.05, 0.1) is 17.9 Å². The van der Waals surface area contributed by atoms with Gasteiger partial charge in [0.25, 0.3) is 0 Å². The summed E-state index contributed by atoms with van der Waals surface area (Å²) in [6.07, 6.45) is 13.2. The third kappa shape index (κ3) is 5.09. The molecule has 1 aliphatic carbocycles. The molecule has 5 aliphatic rings. The van der Waals surface area contributed by atoms with Gasteiger partial charge in [0.1, 0.15) is 11.6 Å². The van der Waals surface area contributed by atoms with Crippen LogP contribution in [0.3, 0.4) is 0 Å². The molecule has 0 aromatic heterocycles. The molecule has 3 saturated heterocycles. The number of amides is 3. The number of anilines is 1. The van der Waals surface area contributed by atoms with Crippen molar-refractivity contribution in [2.45, 2.75) is 95.4 Å². The number of hydrogen-bond acceptors (Lipinski definition) is 5. The van der Waals surface area contributed by atoms with Gasteiger partial charge in [-0.1, -0.05) is 43.9 Å². The number of carbonyl (C=O) groups excluding carboxylic acids is 3. The lowest BCUT2D eigenvalue weighted by Gasteiger charge is -2.34. The Bertz CT molecular complexity index is 1150. The second-order valence-corrected chi connectivity index (χ2v) is 12.7. The smallest absolute Gasteiger partial charge is 0.246 e. The van der Waals surface area contributed by atoms with Crippen LogP contribution >= 0.6 is 0 Å². The van der Waals surface area contributed by atoms with Crippen LogP contribution in [0.4, 0.5) is 5.69 Å². The summed E-state index contributed by atoms with van der Waals surface area (Å²) in [6.45, 7) is 7.59. The summed E-state index contributed by atoms with van der Waals surface area (Å²) in [5.41, 5.74) is 1.74. The van der Waals surface area contributed by atoms with Gasteiger partial charge in [-0.2, -0.15) is 0 Å². The van der Waals surface area contributed by atoms with Crippen molar-refractivity contribution in [3.8, 4) is 0 Å². The number of piperidine rings is 1. The minimum Gasteiger partial charge on any atom is -0.359 e. The zero-order valence-electron chi connectivity index (χ0n) is 24.0. The number of rotatable bonds is 8. The molecule has 1 aromatic carbocycles. The van der Waals surface area contributed by atoms with E-state index in [4.69, 9.17) is 4.74 Å². The largest absolute Gasteiger partial charge is 0.359 e. The van der Waals surface area contributed by atoms with E-state index in [2.05, 4.69) is 21.6 Å². The van der Waals surface area contributed by atoms with Crippen LogP contribution in [0, 0.1) is 25.7 Å². The molecule has 4 heterocycles. The number of nitrogens with zero attached hydrogens (tertiary/aromatic N) is 2. The number of aryl methyl sites for hydroxylation is 2. The molecule has 6 rings (SSSR count). The van der Waals surface area contributed by atoms with E-state index >= 15 is 0 Å². The first-order valence-electron chi connectivity index (χ1n) is 15.5. The average Bonchev–Trinajstić information content (AvgIpc) is 3.57. The van der Waals surface area contributed by atoms with Crippen LogP contribution in [0.25, 0.3) is 0 Å². The van der Waals surface area contributed by atoms with Gasteiger partial charge < -0.3 is 25.2 Å². The highest BCUT2D eigenvalue weighted by Crippen LogP contribution is 2.55. The Hall–Kier alpha value is -2.71. The molecule has 8 heteroatoms. The fourth-order valence-corrected chi connectivity index (χ4v) is 7.95. The van der Waals surface area contributed by atoms with Gasteiger partial charge in [-0.05, 0) is 88.8 Å². The summed E-state index contributed by atoms with van der Waals surface area (Å²) in [7, 11) is 0. The Kier molecular flexibility index (Phi) is 7.75. The van der Waals surface area contributed by atoms with E-state index in [9.17, 15) is 14.4 Å². The molecule has 40 heavy (non-hydrogen) atoms. The molecule has 1 saturated carbocycles. The van der Waals surface area contributed by atoms with Crippen LogP contribution in [0.1, 0.15) is 68.9 Å². The van der Waals surface area contributed by atoms with Crippen LogP contribution < -0.4 is 10.6 Å². The Morgan fingerprint density at radius 3 is 2.38 bits per heavy atom. The molecular formula is C32H44N4O4. The van der Waals surface area contributed by atoms with E-state index in [1.165, 1.54) is 25.7 Å². The number of likely N-dealkylation sites (tertiary alicyclic amines) is 2. The highest BCUT2D eigenvalue weighted by molar-refractivity contribution is 6.02. The van der Waals surface area contributed by atoms with Gasteiger partial charge in [0.2, 0.25) is 17.7 Å². The summed E-state index contributed by atoms with van der Waals surface area (Å²) < 4.78 is 6.52. The summed E-state index contributed by atoms with van der Waals surface area (Å²) in [4.78, 5) is 46.1. The Morgan fingerprint density at radius 2 is 1.65 bits per heavy atom. The summed E-state index contributed by atoms with van der Waals surface area (Å²) in [6, 6.07) is 5.32. The number of hydrogen-bond donors (Lipinski definition) is 2. The number of fused-ring (bicyclic) bond motifs is 1. The SMILES string of the molecule is Cc1cc(C)cc(NC(=O)C2[C@@H]3C=CC4(O3)C(C(=O)NC3CCCCC3)N(CCCN3CCCCC3)C(=O)[C@H]24)c1. The van der Waals surface area contributed by atoms with E-state index in [1.807, 2.05) is 38.1 Å². The predicted molar refractivity (Wildman–Crippen MR) is 154 cm³/mol. The van der Waals surface area contributed by atoms with Crippen LogP contribution in [0.15, 0.2) is 30.4 Å². The summed E-state index contributed by atoms with van der Waals surface area (Å²) in [5, 5.41) is 6.34. The normalized spacial score (nSPS) is 31.9. The molecule has 4 fully saturated rings. The van der Waals surface area contributed by atoms with Gasteiger partial charge in [-0.3, -0.25) is 14.4 Å². The molecular weight excluding hydrogens is 504 g/mol. The molecule has 3 unspecified atom stereocenters. The van der Waals surface area contributed by atoms with Gasteiger partial charge >= 0.3 is 0 Å². The van der Waals surface area contributed by atoms with Crippen molar-refractivity contribution in [3.05, 3.63) is 41.5 Å². The van der Waals surface area contributed by atoms with Crippen LogP contribution in [-0.2, 0) is 19.1 Å². The van der Waals surface area contributed by atoms with Crippen LogP contribution in [0.2, 0.25) is 0 Å². The molecule has 0 radical (unpaired) electrons. The van der Waals surface area contributed by atoms with Gasteiger partial charge in [-0.15, -0.1) is 0 Å². The van der Waals surface area contributed by atoms with Crippen molar-refractivity contribution in [2.24, 2.45) is 11.8 Å². The quantitative estimate of drug-likeness (QED) is 0.484. The second-order valence-electron chi connectivity index (χ2n) is 12.7. The van der Waals surface area contributed by atoms with Crippen molar-refractivity contribution < 1.29 is 19.1 Å². The first-order chi connectivity index (χ1) is 19.4. The first-order valence-corrected chi connectivity index (χ1v) is 15.5. The molecule has 1 spiro atoms. The van der Waals surface area contributed by atoms with Gasteiger partial charge in [0.15, 0.2) is 0 Å². The Morgan fingerprint density at radius 1 is 0.950 bits per heavy atom. The maximum atomic E-state index is 14.2. The lowest BCUT2D eigenvalue weighted by atomic mass is 9.74. The standard InChI is InChI=1S/C32H44N4O4/c1-21-18-22(2)20-24(19-21)34-29(37)26-25-12-13-32(40-25)27(26)31(39)36(17-9-16-35-14-7-4-8-15-35)28(32)30(38)33-23-10-5-3-6-11-23/h12-13,18-20,23,25-28H,3-11,14-17H2,1-2H3,(H,33,38)(H,34,37)/t25-,26?,27-,28?,32?/m0/s1. The van der Waals surface area contributed by atoms with E-state index in [0.717, 1.165) is 68.6 Å². The molecule has 8 nitrogen and oxygen atoms in total. The second kappa shape index (κ2) is 11.3. The number of benzene rings is 1. The maximum Gasteiger partial charge on any atom is 0.246 e. The number of nitrogens with one attached hydrogen (secondary N) is 2. The Labute approximate surface area is 237 Å². The number of ether oxygens (including phenoxy) is 1. The third-order valence-electron chi connectivity index (χ3n) is 9.69. The van der Waals surface area contributed by atoms with Crippen LogP contribution in [0.5, 0.6) is 0 Å². The zero-order valence-corrected chi connectivity index (χ0v) is 24.0. The highest BCUT2D eigenvalue weighted by Gasteiger charge is 2.72. The van der Waals surface area contributed by atoms with Crippen molar-refractivity contribution in [1.29, 1.82) is 0 Å². The molecule has 1 aromatic rings. The highest BCUT2D eigenvalue weighted by atomic mass is 16.5. The molecule has 2 N–H and O–H groups in total. The summed E-state index contributed by atoms with van der Waals surface area (Å²) in [5.74, 6) is -1.86. The van der Waals surface area contributed by atoms with E-state index in [1.54, 1.807) is 4.90 Å². The van der Waals surface area contributed by atoms with E-state index in [-0.39, 0.29) is 23.8 Å². The Balaban J connectivity index is 1.24. The molecule has 3 amide bonds. The van der Waals surface area contributed by atoms with E-state index in [0.29, 0.717) is 6.54 Å². The molecule has 4 aliphatic heterocycles. The molecule has 5 atom stereocenters. The fourth-order valence-electron chi connectivity index (χ4n) is 7.95. The third-order valence-corrected chi connectivity index (χ3v) is 9.69. The van der Waals surface area contributed by atoms with Gasteiger partial charge in [0, 0.05) is 18.3 Å². The van der Waals surface area contributed by atoms with Crippen molar-refractivity contribution >= 4 is 23.4 Å². The first kappa shape index (κ1) is 27.5. The monoisotopic (exact) mass is 548 g/mol. The number of carbonyl (C=O) groups is 3. The maximum absolute atomic E-state index is 14.2. The lowest BCUT2D eigenvalue weighted by Crippen LogP contribution is -2.56. The van der Waals surface area contributed by atoms with Crippen molar-refractivity contribution in [2.75, 3.05) is 31.5 Å². The zero-order chi connectivity index (χ0) is 27.9. The molecule has 216 valence electrons. The predicted octanol–water partition coefficient (Wildman–Crippen LogP) is 3.72. The van der Waals surface area contributed by atoms with Crippen molar-refractivity contribution in [3.63, 3.8) is 0 Å². The summed E-state index contributed by atoms with van der Waals surface area (Å²) >= 11 is 0. The minimum atomic E-state index is -1.10. The fraction of sp³-hybridized carbons (Fsp3) is 0.656. The van der Waals surface area contributed by atoms with Crippen molar-refractivity contribution in [1.82, 2.24) is 15.1 Å². The lowest BCUT2D eigenvalue weighted by molar-refractivity contribution is -0.141. The molecule has 2 bridgehead atoms. The van der Waals surface area contributed by atoms with Gasteiger partial charge in [-0.25, -0.2) is 0 Å².